The third kappa shape index (κ3) is 3.55. The van der Waals surface area contributed by atoms with Crippen molar-refractivity contribution in [2.45, 2.75) is 32.9 Å². The lowest BCUT2D eigenvalue weighted by Crippen LogP contribution is -2.16. The van der Waals surface area contributed by atoms with Crippen molar-refractivity contribution < 1.29 is 0 Å². The first-order valence-corrected chi connectivity index (χ1v) is 7.76. The van der Waals surface area contributed by atoms with Gasteiger partial charge in [-0.1, -0.05) is 18.5 Å². The molecule has 1 nitrogen and oxygen atoms in total. The van der Waals surface area contributed by atoms with Crippen molar-refractivity contribution in [2.24, 2.45) is 0 Å². The molecule has 0 fully saturated rings. The molecule has 0 aliphatic rings. The van der Waals surface area contributed by atoms with E-state index in [2.05, 4.69) is 37.4 Å². The summed E-state index contributed by atoms with van der Waals surface area (Å²) in [6, 6.07) is 8.84. The molecule has 0 bridgehead atoms. The molecular weight excluding hydrogens is 270 g/mol. The fraction of sp³-hybridized carbons (Fsp3) is 0.385. The summed E-state index contributed by atoms with van der Waals surface area (Å²) in [4.78, 5) is 4.15. The number of hydrogen-bond donors (Lipinski definition) is 1. The van der Waals surface area contributed by atoms with Crippen LogP contribution in [0.2, 0.25) is 4.34 Å². The maximum atomic E-state index is 5.94. The van der Waals surface area contributed by atoms with Gasteiger partial charge in [-0.15, -0.1) is 22.7 Å². The van der Waals surface area contributed by atoms with Gasteiger partial charge in [-0.3, -0.25) is 0 Å². The van der Waals surface area contributed by atoms with Gasteiger partial charge in [-0.05, 0) is 37.6 Å². The Labute approximate surface area is 115 Å². The fourth-order valence-electron chi connectivity index (χ4n) is 1.62. The van der Waals surface area contributed by atoms with Crippen molar-refractivity contribution >= 4 is 34.3 Å². The van der Waals surface area contributed by atoms with E-state index in [0.717, 1.165) is 17.3 Å². The number of halogens is 1. The number of aryl methyl sites for hydroxylation is 1. The Morgan fingerprint density at radius 3 is 2.53 bits per heavy atom. The summed E-state index contributed by atoms with van der Waals surface area (Å²) < 4.78 is 0.859. The molecule has 0 amide bonds. The molecule has 2 aromatic rings. The first-order valence-electron chi connectivity index (χ1n) is 5.75. The molecule has 92 valence electrons. The molecule has 2 rings (SSSR count). The molecule has 2 aromatic heterocycles. The zero-order valence-electron chi connectivity index (χ0n) is 10.00. The van der Waals surface area contributed by atoms with Crippen LogP contribution in [0.15, 0.2) is 24.3 Å². The Morgan fingerprint density at radius 1 is 1.18 bits per heavy atom. The molecule has 0 aliphatic heterocycles. The van der Waals surface area contributed by atoms with Gasteiger partial charge in [-0.2, -0.15) is 0 Å². The normalized spacial score (nSPS) is 12.9. The van der Waals surface area contributed by atoms with E-state index < -0.39 is 0 Å². The summed E-state index contributed by atoms with van der Waals surface area (Å²) >= 11 is 9.47. The van der Waals surface area contributed by atoms with Crippen LogP contribution in [0.5, 0.6) is 0 Å². The van der Waals surface area contributed by atoms with Crippen LogP contribution in [-0.2, 0) is 13.0 Å². The zero-order chi connectivity index (χ0) is 12.3. The van der Waals surface area contributed by atoms with Crippen LogP contribution in [0.25, 0.3) is 0 Å². The van der Waals surface area contributed by atoms with Crippen LogP contribution < -0.4 is 5.32 Å². The van der Waals surface area contributed by atoms with Gasteiger partial charge in [0.2, 0.25) is 0 Å². The first kappa shape index (κ1) is 13.1. The topological polar surface area (TPSA) is 12.0 Å². The third-order valence-electron chi connectivity index (χ3n) is 2.67. The van der Waals surface area contributed by atoms with E-state index in [1.54, 1.807) is 11.3 Å². The molecule has 2 heterocycles. The van der Waals surface area contributed by atoms with E-state index in [4.69, 9.17) is 11.6 Å². The summed E-state index contributed by atoms with van der Waals surface area (Å²) in [5.74, 6) is 0. The molecular formula is C13H16ClNS2. The molecule has 0 radical (unpaired) electrons. The third-order valence-corrected chi connectivity index (χ3v) is 5.31. The van der Waals surface area contributed by atoms with E-state index in [-0.39, 0.29) is 0 Å². The van der Waals surface area contributed by atoms with Crippen molar-refractivity contribution in [1.82, 2.24) is 5.32 Å². The van der Waals surface area contributed by atoms with Crippen molar-refractivity contribution in [3.63, 3.8) is 0 Å². The molecule has 0 saturated carbocycles. The predicted octanol–water partition coefficient (Wildman–Crippen LogP) is 4.88. The summed E-state index contributed by atoms with van der Waals surface area (Å²) in [5, 5.41) is 3.53. The summed E-state index contributed by atoms with van der Waals surface area (Å²) in [6.45, 7) is 5.30. The minimum absolute atomic E-state index is 0.361. The average molecular weight is 286 g/mol. The Hall–Kier alpha value is -0.350. The van der Waals surface area contributed by atoms with E-state index in [1.165, 1.54) is 14.6 Å². The van der Waals surface area contributed by atoms with Gasteiger partial charge in [-0.25, -0.2) is 0 Å². The Bertz CT molecular complexity index is 475. The van der Waals surface area contributed by atoms with Crippen LogP contribution in [0.1, 0.15) is 34.5 Å². The van der Waals surface area contributed by atoms with Gasteiger partial charge < -0.3 is 5.32 Å². The van der Waals surface area contributed by atoms with Gasteiger partial charge in [0, 0.05) is 27.2 Å². The Balaban J connectivity index is 1.89. The molecule has 0 aliphatic carbocycles. The molecule has 1 N–H and O–H groups in total. The lowest BCUT2D eigenvalue weighted by atomic mass is 10.2. The number of nitrogens with one attached hydrogen (secondary N) is 1. The highest BCUT2D eigenvalue weighted by Gasteiger charge is 2.08. The van der Waals surface area contributed by atoms with Gasteiger partial charge in [0.05, 0.1) is 4.34 Å². The SMILES string of the molecule is CCc1ccc(CNC(C)c2ccc(Cl)s2)s1. The Morgan fingerprint density at radius 2 is 1.94 bits per heavy atom. The molecule has 1 atom stereocenters. The number of hydrogen-bond acceptors (Lipinski definition) is 3. The van der Waals surface area contributed by atoms with Crippen LogP contribution in [0.4, 0.5) is 0 Å². The smallest absolute Gasteiger partial charge is 0.0931 e. The second kappa shape index (κ2) is 6.01. The second-order valence-electron chi connectivity index (χ2n) is 3.97. The summed E-state index contributed by atoms with van der Waals surface area (Å²) in [5.41, 5.74) is 0. The van der Waals surface area contributed by atoms with E-state index in [0.29, 0.717) is 6.04 Å². The number of rotatable bonds is 5. The van der Waals surface area contributed by atoms with Crippen LogP contribution in [-0.4, -0.2) is 0 Å². The highest BCUT2D eigenvalue weighted by Crippen LogP contribution is 2.27. The maximum Gasteiger partial charge on any atom is 0.0931 e. The van der Waals surface area contributed by atoms with E-state index in [9.17, 15) is 0 Å². The summed E-state index contributed by atoms with van der Waals surface area (Å²) in [6.07, 6.45) is 1.13. The molecule has 4 heteroatoms. The van der Waals surface area contributed by atoms with Crippen molar-refractivity contribution in [3.8, 4) is 0 Å². The lowest BCUT2D eigenvalue weighted by molar-refractivity contribution is 0.587. The van der Waals surface area contributed by atoms with E-state index in [1.807, 2.05) is 17.4 Å². The van der Waals surface area contributed by atoms with Crippen molar-refractivity contribution in [1.29, 1.82) is 0 Å². The van der Waals surface area contributed by atoms with Crippen LogP contribution in [0, 0.1) is 0 Å². The average Bonchev–Trinajstić information content (AvgIpc) is 2.94. The first-order chi connectivity index (χ1) is 8.19. The molecule has 0 saturated heterocycles. The molecule has 0 spiro atoms. The van der Waals surface area contributed by atoms with Crippen LogP contribution in [0.3, 0.4) is 0 Å². The van der Waals surface area contributed by atoms with E-state index >= 15 is 0 Å². The summed E-state index contributed by atoms with van der Waals surface area (Å²) in [7, 11) is 0. The molecule has 1 unspecified atom stereocenters. The molecule has 0 aromatic carbocycles. The minimum Gasteiger partial charge on any atom is -0.305 e. The highest BCUT2D eigenvalue weighted by atomic mass is 35.5. The number of thiophene rings is 2. The predicted molar refractivity (Wildman–Crippen MR) is 78.3 cm³/mol. The van der Waals surface area contributed by atoms with Gasteiger partial charge >= 0.3 is 0 Å². The lowest BCUT2D eigenvalue weighted by Gasteiger charge is -2.10. The quantitative estimate of drug-likeness (QED) is 0.826. The van der Waals surface area contributed by atoms with Crippen molar-refractivity contribution in [3.05, 3.63) is 43.2 Å². The maximum absolute atomic E-state index is 5.94. The van der Waals surface area contributed by atoms with Crippen LogP contribution >= 0.6 is 34.3 Å². The van der Waals surface area contributed by atoms with Gasteiger partial charge in [0.25, 0.3) is 0 Å². The standard InChI is InChI=1S/C13H16ClNS2/c1-3-10-4-5-11(16-10)8-15-9(2)12-6-7-13(14)17-12/h4-7,9,15H,3,8H2,1-2H3. The highest BCUT2D eigenvalue weighted by molar-refractivity contribution is 7.16. The second-order valence-corrected chi connectivity index (χ2v) is 6.97. The Kier molecular flexibility index (Phi) is 4.62. The molecule has 17 heavy (non-hydrogen) atoms. The van der Waals surface area contributed by atoms with Gasteiger partial charge in [0.15, 0.2) is 0 Å². The fourth-order valence-corrected chi connectivity index (χ4v) is 3.62. The van der Waals surface area contributed by atoms with Crippen molar-refractivity contribution in [2.75, 3.05) is 0 Å². The monoisotopic (exact) mass is 285 g/mol. The minimum atomic E-state index is 0.361. The van der Waals surface area contributed by atoms with Gasteiger partial charge in [0.1, 0.15) is 0 Å². The zero-order valence-corrected chi connectivity index (χ0v) is 12.4. The largest absolute Gasteiger partial charge is 0.305 e.